The van der Waals surface area contributed by atoms with E-state index in [-0.39, 0.29) is 22.9 Å². The van der Waals surface area contributed by atoms with Gasteiger partial charge in [0.1, 0.15) is 5.82 Å². The van der Waals surface area contributed by atoms with Crippen molar-refractivity contribution in [3.63, 3.8) is 0 Å². The van der Waals surface area contributed by atoms with E-state index in [1.165, 1.54) is 17.7 Å². The first-order valence-corrected chi connectivity index (χ1v) is 7.19. The molecule has 2 rings (SSSR count). The zero-order chi connectivity index (χ0) is 13.7. The van der Waals surface area contributed by atoms with Crippen LogP contribution in [0.1, 0.15) is 11.1 Å². The number of thiophene rings is 1. The zero-order valence-corrected chi connectivity index (χ0v) is 11.7. The molecule has 1 heterocycles. The fourth-order valence-electron chi connectivity index (χ4n) is 1.71. The van der Waals surface area contributed by atoms with E-state index in [0.29, 0.717) is 6.54 Å². The molecule has 1 N–H and O–H groups in total. The van der Waals surface area contributed by atoms with Gasteiger partial charge in [0, 0.05) is 17.1 Å². The number of rotatable bonds is 5. The summed E-state index contributed by atoms with van der Waals surface area (Å²) in [5.41, 5.74) is 1.44. The van der Waals surface area contributed by atoms with Crippen molar-refractivity contribution in [1.29, 1.82) is 0 Å². The number of hydrogen-bond acceptors (Lipinski definition) is 2. The topological polar surface area (TPSA) is 29.1 Å². The quantitative estimate of drug-likeness (QED) is 0.900. The molecule has 1 aromatic carbocycles. The average Bonchev–Trinajstić information content (AvgIpc) is 2.87. The molecule has 0 atom stereocenters. The summed E-state index contributed by atoms with van der Waals surface area (Å²) in [6, 6.07) is 6.43. The Labute approximate surface area is 120 Å². The van der Waals surface area contributed by atoms with Crippen LogP contribution in [0.2, 0.25) is 5.02 Å². The molecule has 0 unspecified atom stereocenters. The summed E-state index contributed by atoms with van der Waals surface area (Å²) in [7, 11) is 0. The predicted molar refractivity (Wildman–Crippen MR) is 76.1 cm³/mol. The molecule has 1 amide bonds. The summed E-state index contributed by atoms with van der Waals surface area (Å²) >= 11 is 7.50. The van der Waals surface area contributed by atoms with Crippen LogP contribution in [0, 0.1) is 5.82 Å². The number of halogens is 2. The molecule has 0 fully saturated rings. The van der Waals surface area contributed by atoms with Crippen LogP contribution < -0.4 is 5.32 Å². The van der Waals surface area contributed by atoms with Crippen molar-refractivity contribution in [3.05, 3.63) is 57.0 Å². The van der Waals surface area contributed by atoms with Crippen molar-refractivity contribution >= 4 is 28.8 Å². The van der Waals surface area contributed by atoms with Crippen LogP contribution in [0.5, 0.6) is 0 Å². The Bertz CT molecular complexity index is 536. The summed E-state index contributed by atoms with van der Waals surface area (Å²) in [4.78, 5) is 11.7. The highest BCUT2D eigenvalue weighted by Gasteiger charge is 2.11. The lowest BCUT2D eigenvalue weighted by Gasteiger charge is -2.07. The Morgan fingerprint density at radius 3 is 2.89 bits per heavy atom. The molecule has 0 aliphatic rings. The van der Waals surface area contributed by atoms with Crippen molar-refractivity contribution in [1.82, 2.24) is 5.32 Å². The second kappa shape index (κ2) is 6.68. The van der Waals surface area contributed by atoms with Gasteiger partial charge in [-0.25, -0.2) is 4.39 Å². The lowest BCUT2D eigenvalue weighted by Crippen LogP contribution is -2.27. The molecule has 19 heavy (non-hydrogen) atoms. The van der Waals surface area contributed by atoms with Gasteiger partial charge in [0.05, 0.1) is 6.42 Å². The standard InChI is InChI=1S/C14H13ClFNOS/c15-12-2-1-3-13(16)11(12)8-14(18)17-6-4-10-5-7-19-9-10/h1-3,5,7,9H,4,6,8H2,(H,17,18). The lowest BCUT2D eigenvalue weighted by atomic mass is 10.1. The first-order chi connectivity index (χ1) is 9.16. The molecule has 0 radical (unpaired) electrons. The highest BCUT2D eigenvalue weighted by atomic mass is 35.5. The van der Waals surface area contributed by atoms with Crippen LogP contribution in [0.25, 0.3) is 0 Å². The number of nitrogens with one attached hydrogen (secondary N) is 1. The van der Waals surface area contributed by atoms with E-state index in [2.05, 4.69) is 5.32 Å². The van der Waals surface area contributed by atoms with Gasteiger partial charge in [-0.2, -0.15) is 11.3 Å². The largest absolute Gasteiger partial charge is 0.355 e. The van der Waals surface area contributed by atoms with Crippen molar-refractivity contribution in [3.8, 4) is 0 Å². The Morgan fingerprint density at radius 2 is 2.21 bits per heavy atom. The molecule has 0 aliphatic carbocycles. The van der Waals surface area contributed by atoms with Crippen molar-refractivity contribution < 1.29 is 9.18 Å². The minimum Gasteiger partial charge on any atom is -0.355 e. The monoisotopic (exact) mass is 297 g/mol. The van der Waals surface area contributed by atoms with Crippen LogP contribution in [-0.2, 0) is 17.6 Å². The summed E-state index contributed by atoms with van der Waals surface area (Å²) in [5.74, 6) is -0.664. The van der Waals surface area contributed by atoms with Crippen LogP contribution in [-0.4, -0.2) is 12.5 Å². The van der Waals surface area contributed by atoms with Crippen LogP contribution >= 0.6 is 22.9 Å². The smallest absolute Gasteiger partial charge is 0.224 e. The molecule has 0 aliphatic heterocycles. The average molecular weight is 298 g/mol. The number of carbonyl (C=O) groups excluding carboxylic acids is 1. The van der Waals surface area contributed by atoms with Gasteiger partial charge in [0.2, 0.25) is 5.91 Å². The van der Waals surface area contributed by atoms with E-state index < -0.39 is 5.82 Å². The minimum atomic E-state index is -0.444. The second-order valence-electron chi connectivity index (χ2n) is 4.11. The van der Waals surface area contributed by atoms with Gasteiger partial charge in [0.15, 0.2) is 0 Å². The lowest BCUT2D eigenvalue weighted by molar-refractivity contribution is -0.120. The molecule has 5 heteroatoms. The van der Waals surface area contributed by atoms with Gasteiger partial charge in [-0.3, -0.25) is 4.79 Å². The van der Waals surface area contributed by atoms with E-state index in [1.54, 1.807) is 17.4 Å². The summed E-state index contributed by atoms with van der Waals surface area (Å²) in [5, 5.41) is 7.09. The fraction of sp³-hybridized carbons (Fsp3) is 0.214. The second-order valence-corrected chi connectivity index (χ2v) is 5.30. The Kier molecular flexibility index (Phi) is 4.93. The third-order valence-electron chi connectivity index (χ3n) is 2.71. The highest BCUT2D eigenvalue weighted by Crippen LogP contribution is 2.19. The molecule has 100 valence electrons. The molecule has 0 saturated carbocycles. The molecule has 1 aromatic heterocycles. The van der Waals surface area contributed by atoms with Crippen LogP contribution in [0.4, 0.5) is 4.39 Å². The number of hydrogen-bond donors (Lipinski definition) is 1. The SMILES string of the molecule is O=C(Cc1c(F)cccc1Cl)NCCc1ccsc1. The number of amides is 1. The third-order valence-corrected chi connectivity index (χ3v) is 3.80. The molecular formula is C14H13ClFNOS. The zero-order valence-electron chi connectivity index (χ0n) is 10.2. The van der Waals surface area contributed by atoms with Gasteiger partial charge in [-0.15, -0.1) is 0 Å². The Balaban J connectivity index is 1.84. The third kappa shape index (κ3) is 4.04. The highest BCUT2D eigenvalue weighted by molar-refractivity contribution is 7.07. The van der Waals surface area contributed by atoms with Crippen molar-refractivity contribution in [2.45, 2.75) is 12.8 Å². The van der Waals surface area contributed by atoms with E-state index >= 15 is 0 Å². The molecule has 0 bridgehead atoms. The normalized spacial score (nSPS) is 10.4. The molecule has 2 aromatic rings. The predicted octanol–water partition coefficient (Wildman–Crippen LogP) is 3.44. The summed E-state index contributed by atoms with van der Waals surface area (Å²) in [6.45, 7) is 0.543. The molecule has 0 saturated heterocycles. The first kappa shape index (κ1) is 14.0. The van der Waals surface area contributed by atoms with Crippen molar-refractivity contribution in [2.75, 3.05) is 6.54 Å². The fourth-order valence-corrected chi connectivity index (χ4v) is 2.64. The maximum Gasteiger partial charge on any atom is 0.224 e. The molecule has 0 spiro atoms. The molecule has 2 nitrogen and oxygen atoms in total. The number of carbonyl (C=O) groups is 1. The van der Waals surface area contributed by atoms with Gasteiger partial charge in [0.25, 0.3) is 0 Å². The Hall–Kier alpha value is -1.39. The van der Waals surface area contributed by atoms with Gasteiger partial charge in [-0.05, 0) is 40.9 Å². The summed E-state index contributed by atoms with van der Waals surface area (Å²) in [6.07, 6.45) is 0.745. The van der Waals surface area contributed by atoms with E-state index in [1.807, 2.05) is 16.8 Å². The van der Waals surface area contributed by atoms with Gasteiger partial charge in [-0.1, -0.05) is 17.7 Å². The first-order valence-electron chi connectivity index (χ1n) is 5.87. The van der Waals surface area contributed by atoms with Crippen LogP contribution in [0.3, 0.4) is 0 Å². The molecular weight excluding hydrogens is 285 g/mol. The van der Waals surface area contributed by atoms with Gasteiger partial charge >= 0.3 is 0 Å². The minimum absolute atomic E-state index is 0.0326. The Morgan fingerprint density at radius 1 is 1.37 bits per heavy atom. The summed E-state index contributed by atoms with van der Waals surface area (Å²) < 4.78 is 13.5. The van der Waals surface area contributed by atoms with E-state index in [0.717, 1.165) is 6.42 Å². The van der Waals surface area contributed by atoms with Crippen molar-refractivity contribution in [2.24, 2.45) is 0 Å². The maximum atomic E-state index is 13.5. The van der Waals surface area contributed by atoms with Crippen LogP contribution in [0.15, 0.2) is 35.0 Å². The van der Waals surface area contributed by atoms with Gasteiger partial charge < -0.3 is 5.32 Å². The number of benzene rings is 1. The van der Waals surface area contributed by atoms with E-state index in [4.69, 9.17) is 11.6 Å². The maximum absolute atomic E-state index is 13.5. The van der Waals surface area contributed by atoms with E-state index in [9.17, 15) is 9.18 Å².